The molecule has 1 rings (SSSR count). The Kier molecular flexibility index (Phi) is 6.98. The molecule has 1 saturated heterocycles. The van der Waals surface area contributed by atoms with Gasteiger partial charge in [0, 0.05) is 12.6 Å². The highest BCUT2D eigenvalue weighted by atomic mass is 16.5. The second-order valence-electron chi connectivity index (χ2n) is 4.55. The van der Waals surface area contributed by atoms with Crippen molar-refractivity contribution in [3.63, 3.8) is 0 Å². The zero-order valence-corrected chi connectivity index (χ0v) is 10.1. The fourth-order valence-electron chi connectivity index (χ4n) is 2.10. The lowest BCUT2D eigenvalue weighted by atomic mass is 10.0. The summed E-state index contributed by atoms with van der Waals surface area (Å²) in [6.45, 7) is 3.87. The molecule has 0 aromatic carbocycles. The van der Waals surface area contributed by atoms with Crippen LogP contribution in [-0.2, 0) is 4.74 Å². The fourth-order valence-corrected chi connectivity index (χ4v) is 2.10. The van der Waals surface area contributed by atoms with Crippen LogP contribution in [0.25, 0.3) is 0 Å². The van der Waals surface area contributed by atoms with Gasteiger partial charge in [0.2, 0.25) is 0 Å². The third kappa shape index (κ3) is 5.50. The van der Waals surface area contributed by atoms with Gasteiger partial charge in [-0.2, -0.15) is 0 Å². The van der Waals surface area contributed by atoms with Crippen LogP contribution in [0.15, 0.2) is 0 Å². The van der Waals surface area contributed by atoms with E-state index >= 15 is 0 Å². The highest BCUT2D eigenvalue weighted by Gasteiger charge is 2.18. The Bertz CT molecular complexity index is 153. The van der Waals surface area contributed by atoms with Crippen LogP contribution in [0.2, 0.25) is 0 Å². The Hall–Kier alpha value is -0.120. The SMILES string of the molecule is CN1CCCCC1COCCCCCN. The smallest absolute Gasteiger partial charge is 0.0621 e. The molecule has 3 nitrogen and oxygen atoms in total. The van der Waals surface area contributed by atoms with Crippen molar-refractivity contribution in [2.24, 2.45) is 5.73 Å². The van der Waals surface area contributed by atoms with E-state index in [0.29, 0.717) is 6.04 Å². The molecule has 15 heavy (non-hydrogen) atoms. The molecule has 0 saturated carbocycles. The van der Waals surface area contributed by atoms with Gasteiger partial charge in [0.25, 0.3) is 0 Å². The molecule has 3 heteroatoms. The lowest BCUT2D eigenvalue weighted by Gasteiger charge is -2.32. The molecule has 0 amide bonds. The molecule has 90 valence electrons. The number of likely N-dealkylation sites (N-methyl/N-ethyl adjacent to an activating group) is 1. The topological polar surface area (TPSA) is 38.5 Å². The van der Waals surface area contributed by atoms with Crippen LogP contribution in [0, 0.1) is 0 Å². The average molecular weight is 214 g/mol. The predicted molar refractivity (Wildman–Crippen MR) is 64.0 cm³/mol. The Morgan fingerprint density at radius 3 is 2.87 bits per heavy atom. The summed E-state index contributed by atoms with van der Waals surface area (Å²) in [6, 6.07) is 0.660. The van der Waals surface area contributed by atoms with Crippen LogP contribution in [0.1, 0.15) is 38.5 Å². The lowest BCUT2D eigenvalue weighted by Crippen LogP contribution is -2.39. The minimum atomic E-state index is 0.660. The van der Waals surface area contributed by atoms with Gasteiger partial charge in [0.15, 0.2) is 0 Å². The summed E-state index contributed by atoms with van der Waals surface area (Å²) in [6.07, 6.45) is 7.52. The first-order valence-electron chi connectivity index (χ1n) is 6.32. The second-order valence-corrected chi connectivity index (χ2v) is 4.55. The first-order chi connectivity index (χ1) is 7.34. The summed E-state index contributed by atoms with van der Waals surface area (Å²) in [5.41, 5.74) is 5.43. The van der Waals surface area contributed by atoms with Crippen molar-refractivity contribution in [1.82, 2.24) is 4.90 Å². The zero-order valence-electron chi connectivity index (χ0n) is 10.1. The van der Waals surface area contributed by atoms with Gasteiger partial charge in [-0.05, 0) is 52.2 Å². The van der Waals surface area contributed by atoms with E-state index in [2.05, 4.69) is 11.9 Å². The van der Waals surface area contributed by atoms with Crippen molar-refractivity contribution in [3.8, 4) is 0 Å². The van der Waals surface area contributed by atoms with Gasteiger partial charge in [-0.1, -0.05) is 6.42 Å². The minimum Gasteiger partial charge on any atom is -0.380 e. The molecular formula is C12H26N2O. The van der Waals surface area contributed by atoms with Crippen LogP contribution < -0.4 is 5.73 Å². The molecule has 1 aliphatic heterocycles. The van der Waals surface area contributed by atoms with Gasteiger partial charge in [-0.15, -0.1) is 0 Å². The van der Waals surface area contributed by atoms with Crippen LogP contribution in [-0.4, -0.2) is 44.3 Å². The van der Waals surface area contributed by atoms with Gasteiger partial charge < -0.3 is 15.4 Å². The number of nitrogens with two attached hydrogens (primary N) is 1. The van der Waals surface area contributed by atoms with E-state index in [-0.39, 0.29) is 0 Å². The highest BCUT2D eigenvalue weighted by molar-refractivity contribution is 4.73. The monoisotopic (exact) mass is 214 g/mol. The molecule has 0 radical (unpaired) electrons. The molecule has 0 aromatic rings. The van der Waals surface area contributed by atoms with Gasteiger partial charge in [-0.25, -0.2) is 0 Å². The van der Waals surface area contributed by atoms with Crippen LogP contribution in [0.4, 0.5) is 0 Å². The van der Waals surface area contributed by atoms with E-state index in [0.717, 1.165) is 32.6 Å². The van der Waals surface area contributed by atoms with Crippen molar-refractivity contribution in [1.29, 1.82) is 0 Å². The predicted octanol–water partition coefficient (Wildman–Crippen LogP) is 1.62. The first kappa shape index (κ1) is 12.9. The summed E-state index contributed by atoms with van der Waals surface area (Å²) < 4.78 is 5.71. The maximum absolute atomic E-state index is 5.71. The maximum Gasteiger partial charge on any atom is 0.0621 e. The molecular weight excluding hydrogens is 188 g/mol. The summed E-state index contributed by atoms with van der Waals surface area (Å²) in [4.78, 5) is 2.43. The minimum absolute atomic E-state index is 0.660. The number of ether oxygens (including phenoxy) is 1. The van der Waals surface area contributed by atoms with Crippen molar-refractivity contribution in [2.45, 2.75) is 44.6 Å². The molecule has 0 aliphatic carbocycles. The molecule has 1 atom stereocenters. The molecule has 0 aromatic heterocycles. The fraction of sp³-hybridized carbons (Fsp3) is 1.00. The normalized spacial score (nSPS) is 23.2. The number of nitrogens with zero attached hydrogens (tertiary/aromatic N) is 1. The number of likely N-dealkylation sites (tertiary alicyclic amines) is 1. The van der Waals surface area contributed by atoms with E-state index in [1.807, 2.05) is 0 Å². The number of piperidine rings is 1. The zero-order chi connectivity index (χ0) is 10.9. The number of unbranched alkanes of at least 4 members (excludes halogenated alkanes) is 2. The molecule has 0 bridgehead atoms. The van der Waals surface area contributed by atoms with Crippen molar-refractivity contribution in [2.75, 3.05) is 33.4 Å². The van der Waals surface area contributed by atoms with Crippen molar-refractivity contribution in [3.05, 3.63) is 0 Å². The Morgan fingerprint density at radius 2 is 2.13 bits per heavy atom. The quantitative estimate of drug-likeness (QED) is 0.654. The van der Waals surface area contributed by atoms with Gasteiger partial charge >= 0.3 is 0 Å². The lowest BCUT2D eigenvalue weighted by molar-refractivity contribution is 0.0513. The number of hydrogen-bond donors (Lipinski definition) is 1. The van der Waals surface area contributed by atoms with E-state index in [9.17, 15) is 0 Å². The summed E-state index contributed by atoms with van der Waals surface area (Å²) >= 11 is 0. The number of hydrogen-bond acceptors (Lipinski definition) is 3. The van der Waals surface area contributed by atoms with Crippen LogP contribution >= 0.6 is 0 Å². The highest BCUT2D eigenvalue weighted by Crippen LogP contribution is 2.15. The van der Waals surface area contributed by atoms with Crippen LogP contribution in [0.5, 0.6) is 0 Å². The van der Waals surface area contributed by atoms with Crippen molar-refractivity contribution >= 4 is 0 Å². The first-order valence-corrected chi connectivity index (χ1v) is 6.32. The summed E-state index contributed by atoms with van der Waals surface area (Å²) in [5.74, 6) is 0. The largest absolute Gasteiger partial charge is 0.380 e. The number of rotatable bonds is 7. The molecule has 1 unspecified atom stereocenters. The molecule has 1 heterocycles. The maximum atomic E-state index is 5.71. The van der Waals surface area contributed by atoms with E-state index < -0.39 is 0 Å². The van der Waals surface area contributed by atoms with Gasteiger partial charge in [0.1, 0.15) is 0 Å². The Labute approximate surface area is 94.0 Å². The van der Waals surface area contributed by atoms with Gasteiger partial charge in [0.05, 0.1) is 6.61 Å². The summed E-state index contributed by atoms with van der Waals surface area (Å²) in [5, 5.41) is 0. The Balaban J connectivity index is 1.94. The van der Waals surface area contributed by atoms with Crippen LogP contribution in [0.3, 0.4) is 0 Å². The third-order valence-electron chi connectivity index (χ3n) is 3.22. The van der Waals surface area contributed by atoms with E-state index in [1.165, 1.54) is 32.2 Å². The average Bonchev–Trinajstić information content (AvgIpc) is 2.25. The second kappa shape index (κ2) is 8.08. The molecule has 1 aliphatic rings. The van der Waals surface area contributed by atoms with E-state index in [4.69, 9.17) is 10.5 Å². The third-order valence-corrected chi connectivity index (χ3v) is 3.22. The standard InChI is InChI=1S/C12H26N2O/c1-14-9-5-3-7-12(14)11-15-10-6-2-4-8-13/h12H,2-11,13H2,1H3. The summed E-state index contributed by atoms with van der Waals surface area (Å²) in [7, 11) is 2.21. The molecule has 1 fully saturated rings. The Morgan fingerprint density at radius 1 is 1.27 bits per heavy atom. The van der Waals surface area contributed by atoms with E-state index in [1.54, 1.807) is 0 Å². The van der Waals surface area contributed by atoms with Gasteiger partial charge in [-0.3, -0.25) is 0 Å². The van der Waals surface area contributed by atoms with Crippen molar-refractivity contribution < 1.29 is 4.74 Å². The molecule has 0 spiro atoms. The molecule has 2 N–H and O–H groups in total.